The summed E-state index contributed by atoms with van der Waals surface area (Å²) < 4.78 is 6.31. The number of thioether (sulfide) groups is 1. The van der Waals surface area contributed by atoms with E-state index in [0.717, 1.165) is 16.8 Å². The smallest absolute Gasteiger partial charge is 0.240 e. The van der Waals surface area contributed by atoms with Gasteiger partial charge in [0.15, 0.2) is 5.82 Å². The van der Waals surface area contributed by atoms with Crippen LogP contribution in [-0.2, 0) is 12.3 Å². The van der Waals surface area contributed by atoms with Crippen molar-refractivity contribution >= 4 is 27.7 Å². The molecule has 1 heterocycles. The van der Waals surface area contributed by atoms with Crippen LogP contribution >= 0.6 is 27.7 Å². The number of nitrogens with zero attached hydrogens (tertiary/aromatic N) is 2. The van der Waals surface area contributed by atoms with Gasteiger partial charge in [-0.2, -0.15) is 4.98 Å². The third-order valence-electron chi connectivity index (χ3n) is 2.53. The zero-order chi connectivity index (χ0) is 14.4. The average Bonchev–Trinajstić information content (AvgIpc) is 2.85. The Morgan fingerprint density at radius 2 is 2.15 bits per heavy atom. The molecule has 6 heteroatoms. The highest BCUT2D eigenvalue weighted by Crippen LogP contribution is 2.28. The summed E-state index contributed by atoms with van der Waals surface area (Å²) in [5.74, 6) is 2.69. The van der Waals surface area contributed by atoms with Crippen molar-refractivity contribution < 1.29 is 4.52 Å². The van der Waals surface area contributed by atoms with Gasteiger partial charge in [0.1, 0.15) is 0 Å². The Bertz CT molecular complexity index is 545. The van der Waals surface area contributed by atoms with Crippen LogP contribution in [-0.4, -0.2) is 16.7 Å². The Morgan fingerprint density at radius 1 is 1.35 bits per heavy atom. The molecule has 0 amide bonds. The highest BCUT2D eigenvalue weighted by atomic mass is 79.9. The van der Waals surface area contributed by atoms with Crippen molar-refractivity contribution in [3.05, 3.63) is 40.5 Å². The van der Waals surface area contributed by atoms with Crippen LogP contribution in [0.2, 0.25) is 0 Å². The Kier molecular flexibility index (Phi) is 6.06. The quantitative estimate of drug-likeness (QED) is 0.764. The van der Waals surface area contributed by atoms with Gasteiger partial charge in [0.2, 0.25) is 5.89 Å². The fourth-order valence-corrected chi connectivity index (χ4v) is 3.00. The molecule has 0 spiro atoms. The predicted molar refractivity (Wildman–Crippen MR) is 84.5 cm³/mol. The Balaban J connectivity index is 1.82. The minimum absolute atomic E-state index is 0.614. The molecule has 20 heavy (non-hydrogen) atoms. The third-order valence-corrected chi connectivity index (χ3v) is 4.56. The molecule has 0 atom stereocenters. The molecule has 1 N–H and O–H groups in total. The summed E-state index contributed by atoms with van der Waals surface area (Å²) in [5.41, 5.74) is 0. The molecule has 0 bridgehead atoms. The number of nitrogens with one attached hydrogen (secondary N) is 1. The normalized spacial score (nSPS) is 11.2. The van der Waals surface area contributed by atoms with Crippen molar-refractivity contribution in [3.63, 3.8) is 0 Å². The van der Waals surface area contributed by atoms with Gasteiger partial charge >= 0.3 is 0 Å². The topological polar surface area (TPSA) is 51.0 Å². The number of halogens is 1. The molecule has 2 rings (SSSR count). The third kappa shape index (κ3) is 4.92. The summed E-state index contributed by atoms with van der Waals surface area (Å²) in [6.45, 7) is 5.91. The van der Waals surface area contributed by atoms with Crippen LogP contribution in [0.3, 0.4) is 0 Å². The number of rotatable bonds is 7. The number of benzene rings is 1. The fourth-order valence-electron chi connectivity index (χ4n) is 1.59. The van der Waals surface area contributed by atoms with E-state index in [-0.39, 0.29) is 0 Å². The van der Waals surface area contributed by atoms with E-state index in [4.69, 9.17) is 4.52 Å². The molecule has 0 fully saturated rings. The standard InChI is InChI=1S/C14H18BrN3OS/c1-10(2)7-16-8-14-17-13(18-19-14)9-20-12-6-4-3-5-11(12)15/h3-6,10,16H,7-9H2,1-2H3. The lowest BCUT2D eigenvalue weighted by Crippen LogP contribution is -2.19. The van der Waals surface area contributed by atoms with Gasteiger partial charge in [0.25, 0.3) is 0 Å². The van der Waals surface area contributed by atoms with E-state index < -0.39 is 0 Å². The molecule has 0 unspecified atom stereocenters. The van der Waals surface area contributed by atoms with Crippen LogP contribution in [0.15, 0.2) is 38.2 Å². The van der Waals surface area contributed by atoms with E-state index in [2.05, 4.69) is 51.3 Å². The van der Waals surface area contributed by atoms with Crippen molar-refractivity contribution in [1.29, 1.82) is 0 Å². The van der Waals surface area contributed by atoms with Gasteiger partial charge in [-0.15, -0.1) is 11.8 Å². The van der Waals surface area contributed by atoms with Crippen molar-refractivity contribution in [2.75, 3.05) is 6.54 Å². The van der Waals surface area contributed by atoms with Crippen LogP contribution in [0.1, 0.15) is 25.6 Å². The molecule has 0 saturated heterocycles. The van der Waals surface area contributed by atoms with E-state index in [9.17, 15) is 0 Å². The van der Waals surface area contributed by atoms with Gasteiger partial charge in [-0.25, -0.2) is 0 Å². The minimum Gasteiger partial charge on any atom is -0.338 e. The molecule has 1 aromatic carbocycles. The Hall–Kier alpha value is -0.850. The lowest BCUT2D eigenvalue weighted by Gasteiger charge is -2.03. The van der Waals surface area contributed by atoms with Crippen molar-refractivity contribution in [3.8, 4) is 0 Å². The average molecular weight is 356 g/mol. The van der Waals surface area contributed by atoms with E-state index in [1.807, 2.05) is 18.2 Å². The lowest BCUT2D eigenvalue weighted by molar-refractivity contribution is 0.360. The molecule has 2 aromatic rings. The maximum atomic E-state index is 5.22. The van der Waals surface area contributed by atoms with Crippen LogP contribution in [0, 0.1) is 5.92 Å². The van der Waals surface area contributed by atoms with Crippen LogP contribution in [0.5, 0.6) is 0 Å². The zero-order valence-electron chi connectivity index (χ0n) is 11.6. The summed E-state index contributed by atoms with van der Waals surface area (Å²) in [6, 6.07) is 8.12. The molecule has 4 nitrogen and oxygen atoms in total. The highest BCUT2D eigenvalue weighted by molar-refractivity contribution is 9.10. The second-order valence-electron chi connectivity index (χ2n) is 4.85. The maximum absolute atomic E-state index is 5.22. The molecular weight excluding hydrogens is 338 g/mol. The summed E-state index contributed by atoms with van der Waals surface area (Å²) >= 11 is 5.22. The van der Waals surface area contributed by atoms with Gasteiger partial charge in [0.05, 0.1) is 12.3 Å². The SMILES string of the molecule is CC(C)CNCc1nc(CSc2ccccc2Br)no1. The highest BCUT2D eigenvalue weighted by Gasteiger charge is 2.08. The van der Waals surface area contributed by atoms with Gasteiger partial charge in [-0.05, 0) is 40.5 Å². The predicted octanol–water partition coefficient (Wildman–Crippen LogP) is 3.87. The second kappa shape index (κ2) is 7.81. The van der Waals surface area contributed by atoms with E-state index >= 15 is 0 Å². The first kappa shape index (κ1) is 15.5. The summed E-state index contributed by atoms with van der Waals surface area (Å²) in [5, 5.41) is 7.28. The first-order chi connectivity index (χ1) is 9.65. The Morgan fingerprint density at radius 3 is 2.90 bits per heavy atom. The summed E-state index contributed by atoms with van der Waals surface area (Å²) in [4.78, 5) is 5.55. The lowest BCUT2D eigenvalue weighted by atomic mass is 10.2. The van der Waals surface area contributed by atoms with Crippen LogP contribution in [0.25, 0.3) is 0 Å². The van der Waals surface area contributed by atoms with Gasteiger partial charge in [-0.1, -0.05) is 31.1 Å². The number of hydrogen-bond acceptors (Lipinski definition) is 5. The first-order valence-electron chi connectivity index (χ1n) is 6.54. The Labute approximate surface area is 131 Å². The summed E-state index contributed by atoms with van der Waals surface area (Å²) in [7, 11) is 0. The van der Waals surface area contributed by atoms with E-state index in [1.54, 1.807) is 11.8 Å². The van der Waals surface area contributed by atoms with Crippen LogP contribution < -0.4 is 5.32 Å². The summed E-state index contributed by atoms with van der Waals surface area (Å²) in [6.07, 6.45) is 0. The van der Waals surface area contributed by atoms with E-state index in [0.29, 0.717) is 24.1 Å². The molecule has 0 aliphatic rings. The largest absolute Gasteiger partial charge is 0.338 e. The van der Waals surface area contributed by atoms with Crippen LogP contribution in [0.4, 0.5) is 0 Å². The monoisotopic (exact) mass is 355 g/mol. The molecule has 1 aromatic heterocycles. The number of hydrogen-bond donors (Lipinski definition) is 1. The molecule has 0 radical (unpaired) electrons. The van der Waals surface area contributed by atoms with Gasteiger partial charge in [0, 0.05) is 9.37 Å². The number of aromatic nitrogens is 2. The van der Waals surface area contributed by atoms with Gasteiger partial charge < -0.3 is 9.84 Å². The second-order valence-corrected chi connectivity index (χ2v) is 6.72. The first-order valence-corrected chi connectivity index (χ1v) is 8.32. The maximum Gasteiger partial charge on any atom is 0.240 e. The zero-order valence-corrected chi connectivity index (χ0v) is 14.0. The molecule has 0 aliphatic heterocycles. The minimum atomic E-state index is 0.614. The van der Waals surface area contributed by atoms with Crippen molar-refractivity contribution in [2.45, 2.75) is 31.0 Å². The van der Waals surface area contributed by atoms with Crippen molar-refractivity contribution in [1.82, 2.24) is 15.5 Å². The fraction of sp³-hybridized carbons (Fsp3) is 0.429. The van der Waals surface area contributed by atoms with E-state index in [1.165, 1.54) is 4.90 Å². The molecule has 0 saturated carbocycles. The molecule has 0 aliphatic carbocycles. The molecule has 108 valence electrons. The molecular formula is C14H18BrN3OS. The van der Waals surface area contributed by atoms with Crippen molar-refractivity contribution in [2.24, 2.45) is 5.92 Å². The van der Waals surface area contributed by atoms with Gasteiger partial charge in [-0.3, -0.25) is 0 Å².